The molecule has 0 bridgehead atoms. The second-order valence-electron chi connectivity index (χ2n) is 7.15. The lowest BCUT2D eigenvalue weighted by atomic mass is 10.1. The van der Waals surface area contributed by atoms with E-state index in [9.17, 15) is 15.2 Å². The van der Waals surface area contributed by atoms with E-state index in [1.807, 2.05) is 6.07 Å². The fourth-order valence-electron chi connectivity index (χ4n) is 3.56. The van der Waals surface area contributed by atoms with E-state index in [1.54, 1.807) is 31.4 Å². The molecule has 0 aliphatic heterocycles. The number of nitriles is 1. The number of carbonyl (C=O) groups excluding carboxylic acids is 1. The Bertz CT molecular complexity index is 1150. The number of benzene rings is 1. The van der Waals surface area contributed by atoms with Crippen molar-refractivity contribution in [2.75, 3.05) is 12.9 Å². The van der Waals surface area contributed by atoms with Crippen LogP contribution in [0, 0.1) is 11.3 Å². The molecule has 0 saturated heterocycles. The third-order valence-electron chi connectivity index (χ3n) is 5.17. The van der Waals surface area contributed by atoms with Gasteiger partial charge in [-0.2, -0.15) is 5.26 Å². The first kappa shape index (κ1) is 20.9. The Morgan fingerprint density at radius 1 is 1.29 bits per heavy atom. The van der Waals surface area contributed by atoms with Crippen molar-refractivity contribution in [1.82, 2.24) is 10.3 Å². The maximum Gasteiger partial charge on any atom is 0.307 e. The minimum absolute atomic E-state index is 0.0624. The van der Waals surface area contributed by atoms with Gasteiger partial charge in [0, 0.05) is 17.8 Å². The Labute approximate surface area is 183 Å². The standard InChI is InChI=1S/C22H20N4O4S/c1-29-17-9-7-16(8-10-17)26-20(22(28)30-25-26)19(27)13-31-21-15(12-23)11-14-5-3-2-4-6-18(14)24-21/h7-11H,2-6,13H2,1H3. The lowest BCUT2D eigenvalue weighted by Crippen LogP contribution is -2.39. The molecule has 0 amide bonds. The van der Waals surface area contributed by atoms with E-state index < -0.39 is 11.7 Å². The van der Waals surface area contributed by atoms with Crippen LogP contribution >= 0.6 is 11.8 Å². The normalized spacial score (nSPS) is 13.2. The van der Waals surface area contributed by atoms with Crippen molar-refractivity contribution in [3.8, 4) is 23.5 Å². The SMILES string of the molecule is COc1ccc(-[n+]2noc([O-])c2C(=O)CSc2nc3c(cc2C#N)CCCCC3)cc1. The van der Waals surface area contributed by atoms with Gasteiger partial charge in [-0.05, 0) is 54.1 Å². The summed E-state index contributed by atoms with van der Waals surface area (Å²) in [6.45, 7) is 0. The Morgan fingerprint density at radius 2 is 2.06 bits per heavy atom. The highest BCUT2D eigenvalue weighted by Gasteiger charge is 2.28. The zero-order valence-electron chi connectivity index (χ0n) is 17.0. The van der Waals surface area contributed by atoms with E-state index in [4.69, 9.17) is 9.26 Å². The first-order chi connectivity index (χ1) is 15.1. The van der Waals surface area contributed by atoms with E-state index in [1.165, 1.54) is 4.68 Å². The van der Waals surface area contributed by atoms with Gasteiger partial charge in [0.25, 0.3) is 0 Å². The number of hydrogen-bond acceptors (Lipinski definition) is 8. The highest BCUT2D eigenvalue weighted by Crippen LogP contribution is 2.28. The Balaban J connectivity index is 1.57. The molecule has 0 spiro atoms. The van der Waals surface area contributed by atoms with E-state index in [0.717, 1.165) is 55.1 Å². The number of thioether (sulfide) groups is 1. The highest BCUT2D eigenvalue weighted by atomic mass is 32.2. The molecule has 31 heavy (non-hydrogen) atoms. The van der Waals surface area contributed by atoms with E-state index in [2.05, 4.69) is 16.3 Å². The fraction of sp³-hybridized carbons (Fsp3) is 0.318. The summed E-state index contributed by atoms with van der Waals surface area (Å²) in [5, 5.41) is 25.9. The molecule has 1 aliphatic carbocycles. The van der Waals surface area contributed by atoms with Crippen LogP contribution in [-0.4, -0.2) is 28.9 Å². The molecular weight excluding hydrogens is 416 g/mol. The molecule has 3 aromatic rings. The molecule has 2 aromatic heterocycles. The molecule has 0 atom stereocenters. The number of methoxy groups -OCH3 is 1. The second-order valence-corrected chi connectivity index (χ2v) is 8.11. The van der Waals surface area contributed by atoms with Gasteiger partial charge in [0.1, 0.15) is 16.8 Å². The first-order valence-corrected chi connectivity index (χ1v) is 10.9. The number of aryl methyl sites for hydroxylation is 2. The Kier molecular flexibility index (Phi) is 6.18. The third-order valence-corrected chi connectivity index (χ3v) is 6.16. The highest BCUT2D eigenvalue weighted by molar-refractivity contribution is 8.00. The predicted octanol–water partition coefficient (Wildman–Crippen LogP) is 2.54. The van der Waals surface area contributed by atoms with Crippen LogP contribution in [0.3, 0.4) is 0 Å². The topological polar surface area (TPSA) is 116 Å². The number of carbonyl (C=O) groups is 1. The van der Waals surface area contributed by atoms with Gasteiger partial charge in [0.2, 0.25) is 11.5 Å². The van der Waals surface area contributed by atoms with Crippen molar-refractivity contribution in [3.05, 3.63) is 52.8 Å². The van der Waals surface area contributed by atoms with Crippen LogP contribution in [0.4, 0.5) is 0 Å². The quantitative estimate of drug-likeness (QED) is 0.250. The van der Waals surface area contributed by atoms with Gasteiger partial charge >= 0.3 is 5.69 Å². The molecule has 1 aromatic carbocycles. The number of ketones is 1. The zero-order chi connectivity index (χ0) is 21.8. The molecule has 0 radical (unpaired) electrons. The maximum absolute atomic E-state index is 12.9. The first-order valence-electron chi connectivity index (χ1n) is 9.93. The van der Waals surface area contributed by atoms with Gasteiger partial charge in [0.05, 0.1) is 23.7 Å². The molecule has 158 valence electrons. The monoisotopic (exact) mass is 436 g/mol. The van der Waals surface area contributed by atoms with Gasteiger partial charge in [-0.15, -0.1) is 0 Å². The second kappa shape index (κ2) is 9.18. The van der Waals surface area contributed by atoms with E-state index in [-0.39, 0.29) is 11.4 Å². The van der Waals surface area contributed by atoms with Crippen molar-refractivity contribution in [3.63, 3.8) is 0 Å². The van der Waals surface area contributed by atoms with Crippen LogP contribution in [0.15, 0.2) is 39.9 Å². The van der Waals surface area contributed by atoms with Crippen LogP contribution in [0.5, 0.6) is 11.7 Å². The molecular formula is C22H20N4O4S. The summed E-state index contributed by atoms with van der Waals surface area (Å²) in [4.78, 5) is 17.6. The number of ether oxygens (including phenoxy) is 1. The van der Waals surface area contributed by atoms with Crippen molar-refractivity contribution < 1.29 is 23.8 Å². The van der Waals surface area contributed by atoms with E-state index in [0.29, 0.717) is 22.0 Å². The molecule has 0 N–H and O–H groups in total. The largest absolute Gasteiger partial charge is 0.539 e. The lowest BCUT2D eigenvalue weighted by molar-refractivity contribution is -0.672. The Hall–Kier alpha value is -3.38. The van der Waals surface area contributed by atoms with Crippen LogP contribution in [0.25, 0.3) is 5.69 Å². The number of Topliss-reactive ketones (excluding diaryl/α,β-unsaturated/α-hetero) is 1. The van der Waals surface area contributed by atoms with Gasteiger partial charge in [-0.1, -0.05) is 18.2 Å². The van der Waals surface area contributed by atoms with Gasteiger partial charge < -0.3 is 14.4 Å². The smallest absolute Gasteiger partial charge is 0.307 e. The molecule has 0 unspecified atom stereocenters. The van der Waals surface area contributed by atoms with Crippen LogP contribution in [0.1, 0.15) is 46.6 Å². The summed E-state index contributed by atoms with van der Waals surface area (Å²) in [5.74, 6) is -0.686. The fourth-order valence-corrected chi connectivity index (χ4v) is 4.40. The number of fused-ring (bicyclic) bond motifs is 1. The Morgan fingerprint density at radius 3 is 2.81 bits per heavy atom. The van der Waals surface area contributed by atoms with Crippen LogP contribution in [0.2, 0.25) is 0 Å². The average molecular weight is 436 g/mol. The summed E-state index contributed by atoms with van der Waals surface area (Å²) in [5.41, 5.74) is 2.89. The van der Waals surface area contributed by atoms with Crippen LogP contribution < -0.4 is 14.5 Å². The molecule has 0 saturated carbocycles. The van der Waals surface area contributed by atoms with Crippen molar-refractivity contribution >= 4 is 17.5 Å². The summed E-state index contributed by atoms with van der Waals surface area (Å²) in [6, 6.07) is 10.8. The molecule has 2 heterocycles. The molecule has 4 rings (SSSR count). The van der Waals surface area contributed by atoms with E-state index >= 15 is 0 Å². The van der Waals surface area contributed by atoms with Gasteiger partial charge in [-0.3, -0.25) is 4.79 Å². The van der Waals surface area contributed by atoms with Crippen LogP contribution in [-0.2, 0) is 12.8 Å². The molecule has 8 nitrogen and oxygen atoms in total. The minimum Gasteiger partial charge on any atom is -0.539 e. The summed E-state index contributed by atoms with van der Waals surface area (Å²) in [6.07, 6.45) is 5.09. The summed E-state index contributed by atoms with van der Waals surface area (Å²) >= 11 is 1.15. The number of hydrogen-bond donors (Lipinski definition) is 0. The summed E-state index contributed by atoms with van der Waals surface area (Å²) in [7, 11) is 1.55. The number of aromatic nitrogens is 3. The van der Waals surface area contributed by atoms with Gasteiger partial charge in [-0.25, -0.2) is 4.98 Å². The van der Waals surface area contributed by atoms with Crippen molar-refractivity contribution in [2.24, 2.45) is 0 Å². The maximum atomic E-state index is 12.9. The minimum atomic E-state index is -0.809. The van der Waals surface area contributed by atoms with Crippen molar-refractivity contribution in [1.29, 1.82) is 5.26 Å². The predicted molar refractivity (Wildman–Crippen MR) is 109 cm³/mol. The molecule has 9 heteroatoms. The van der Waals surface area contributed by atoms with Crippen molar-refractivity contribution in [2.45, 2.75) is 37.1 Å². The molecule has 0 fully saturated rings. The third kappa shape index (κ3) is 4.39. The number of pyridine rings is 1. The molecule has 1 aliphatic rings. The summed E-state index contributed by atoms with van der Waals surface area (Å²) < 4.78 is 11.0. The zero-order valence-corrected chi connectivity index (χ0v) is 17.8. The number of nitrogens with zero attached hydrogens (tertiary/aromatic N) is 4. The number of rotatable bonds is 6. The lowest BCUT2D eigenvalue weighted by Gasteiger charge is -2.09. The van der Waals surface area contributed by atoms with Gasteiger partial charge in [0.15, 0.2) is 5.95 Å². The average Bonchev–Trinajstić information content (AvgIpc) is 3.03.